The molecule has 0 bridgehead atoms. The second-order valence-corrected chi connectivity index (χ2v) is 4.16. The monoisotopic (exact) mass is 255 g/mol. The summed E-state index contributed by atoms with van der Waals surface area (Å²) in [6.45, 7) is 5.08. The quantitative estimate of drug-likeness (QED) is 0.547. The topological polar surface area (TPSA) is 76.4 Å². The summed E-state index contributed by atoms with van der Waals surface area (Å²) >= 11 is 0. The fraction of sp³-hybridized carbons (Fsp3) is 0.667. The maximum Gasteiger partial charge on any atom is 0.341 e. The SMILES string of the molecule is CCOC(=O)c1cnn(C)c1CNCCC(C)O. The highest BCUT2D eigenvalue weighted by molar-refractivity contribution is 5.90. The summed E-state index contributed by atoms with van der Waals surface area (Å²) in [5.41, 5.74) is 1.28. The van der Waals surface area contributed by atoms with Gasteiger partial charge in [0.2, 0.25) is 0 Å². The Kier molecular flexibility index (Phi) is 5.80. The van der Waals surface area contributed by atoms with Gasteiger partial charge < -0.3 is 15.2 Å². The molecule has 1 aromatic heterocycles. The number of esters is 1. The Morgan fingerprint density at radius 2 is 2.39 bits per heavy atom. The molecule has 0 fully saturated rings. The van der Waals surface area contributed by atoms with E-state index in [1.807, 2.05) is 0 Å². The van der Waals surface area contributed by atoms with Gasteiger partial charge in [0.15, 0.2) is 0 Å². The predicted molar refractivity (Wildman–Crippen MR) is 67.2 cm³/mol. The van der Waals surface area contributed by atoms with E-state index in [-0.39, 0.29) is 12.1 Å². The molecule has 0 radical (unpaired) electrons. The minimum atomic E-state index is -0.349. The highest BCUT2D eigenvalue weighted by Crippen LogP contribution is 2.09. The Bertz CT molecular complexity index is 388. The third-order valence-corrected chi connectivity index (χ3v) is 2.59. The number of carbonyl (C=O) groups excluding carboxylic acids is 1. The Morgan fingerprint density at radius 1 is 1.67 bits per heavy atom. The molecule has 6 heteroatoms. The van der Waals surface area contributed by atoms with E-state index in [4.69, 9.17) is 9.84 Å². The molecule has 0 aliphatic rings. The van der Waals surface area contributed by atoms with Crippen molar-refractivity contribution in [1.82, 2.24) is 15.1 Å². The van der Waals surface area contributed by atoms with Crippen molar-refractivity contribution < 1.29 is 14.6 Å². The third-order valence-electron chi connectivity index (χ3n) is 2.59. The van der Waals surface area contributed by atoms with Gasteiger partial charge in [-0.1, -0.05) is 0 Å². The van der Waals surface area contributed by atoms with Gasteiger partial charge in [0, 0.05) is 13.6 Å². The van der Waals surface area contributed by atoms with Crippen molar-refractivity contribution in [2.24, 2.45) is 7.05 Å². The molecule has 102 valence electrons. The van der Waals surface area contributed by atoms with Crippen LogP contribution in [0.3, 0.4) is 0 Å². The third kappa shape index (κ3) is 4.12. The van der Waals surface area contributed by atoms with Crippen LogP contribution >= 0.6 is 0 Å². The summed E-state index contributed by atoms with van der Waals surface area (Å²) in [5, 5.41) is 16.4. The lowest BCUT2D eigenvalue weighted by Gasteiger charge is -2.08. The normalized spacial score (nSPS) is 12.4. The average molecular weight is 255 g/mol. The van der Waals surface area contributed by atoms with Crippen molar-refractivity contribution >= 4 is 5.97 Å². The van der Waals surface area contributed by atoms with Gasteiger partial charge in [-0.05, 0) is 26.8 Å². The summed E-state index contributed by atoms with van der Waals surface area (Å²) < 4.78 is 6.62. The number of aryl methyl sites for hydroxylation is 1. The van der Waals surface area contributed by atoms with Crippen molar-refractivity contribution in [2.45, 2.75) is 32.9 Å². The minimum Gasteiger partial charge on any atom is -0.462 e. The first-order chi connectivity index (χ1) is 8.56. The van der Waals surface area contributed by atoms with E-state index in [1.54, 1.807) is 25.6 Å². The maximum absolute atomic E-state index is 11.7. The second-order valence-electron chi connectivity index (χ2n) is 4.16. The van der Waals surface area contributed by atoms with Gasteiger partial charge in [-0.25, -0.2) is 4.79 Å². The van der Waals surface area contributed by atoms with Crippen LogP contribution in [0.25, 0.3) is 0 Å². The number of aliphatic hydroxyl groups is 1. The highest BCUT2D eigenvalue weighted by Gasteiger charge is 2.16. The highest BCUT2D eigenvalue weighted by atomic mass is 16.5. The van der Waals surface area contributed by atoms with E-state index in [0.717, 1.165) is 5.69 Å². The van der Waals surface area contributed by atoms with Crippen LogP contribution in [-0.2, 0) is 18.3 Å². The zero-order valence-electron chi connectivity index (χ0n) is 11.1. The molecule has 6 nitrogen and oxygen atoms in total. The number of nitrogens with one attached hydrogen (secondary N) is 1. The number of aromatic nitrogens is 2. The number of rotatable bonds is 7. The Labute approximate surface area is 107 Å². The molecule has 18 heavy (non-hydrogen) atoms. The number of aliphatic hydroxyl groups excluding tert-OH is 1. The number of ether oxygens (including phenoxy) is 1. The van der Waals surface area contributed by atoms with Gasteiger partial charge >= 0.3 is 5.97 Å². The summed E-state index contributed by atoms with van der Waals surface area (Å²) in [7, 11) is 1.79. The number of hydrogen-bond donors (Lipinski definition) is 2. The zero-order valence-corrected chi connectivity index (χ0v) is 11.1. The van der Waals surface area contributed by atoms with Crippen LogP contribution in [0.5, 0.6) is 0 Å². The summed E-state index contributed by atoms with van der Waals surface area (Å²) in [5.74, 6) is -0.349. The molecule has 1 aromatic rings. The van der Waals surface area contributed by atoms with E-state index >= 15 is 0 Å². The van der Waals surface area contributed by atoms with Crippen LogP contribution in [0.1, 0.15) is 36.3 Å². The van der Waals surface area contributed by atoms with Gasteiger partial charge in [-0.2, -0.15) is 5.10 Å². The van der Waals surface area contributed by atoms with E-state index in [0.29, 0.717) is 31.7 Å². The molecule has 2 N–H and O–H groups in total. The van der Waals surface area contributed by atoms with Crippen molar-refractivity contribution in [2.75, 3.05) is 13.2 Å². The smallest absolute Gasteiger partial charge is 0.341 e. The largest absolute Gasteiger partial charge is 0.462 e. The van der Waals surface area contributed by atoms with Gasteiger partial charge in [-0.3, -0.25) is 4.68 Å². The first-order valence-electron chi connectivity index (χ1n) is 6.13. The molecule has 0 aromatic carbocycles. The van der Waals surface area contributed by atoms with Crippen LogP contribution in [0.2, 0.25) is 0 Å². The lowest BCUT2D eigenvalue weighted by molar-refractivity contribution is 0.0524. The maximum atomic E-state index is 11.7. The Morgan fingerprint density at radius 3 is 3.00 bits per heavy atom. The zero-order chi connectivity index (χ0) is 13.5. The first-order valence-corrected chi connectivity index (χ1v) is 6.13. The molecule has 0 aliphatic heterocycles. The van der Waals surface area contributed by atoms with Crippen LogP contribution < -0.4 is 5.32 Å². The second kappa shape index (κ2) is 7.13. The van der Waals surface area contributed by atoms with E-state index in [1.165, 1.54) is 6.20 Å². The average Bonchev–Trinajstić information content (AvgIpc) is 2.66. The lowest BCUT2D eigenvalue weighted by atomic mass is 10.2. The first kappa shape index (κ1) is 14.7. The van der Waals surface area contributed by atoms with Crippen LogP contribution in [0.15, 0.2) is 6.20 Å². The predicted octanol–water partition coefficient (Wildman–Crippen LogP) is 0.457. The standard InChI is InChI=1S/C12H21N3O3/c1-4-18-12(17)10-7-14-15(3)11(10)8-13-6-5-9(2)16/h7,9,13,16H,4-6,8H2,1-3H3. The minimum absolute atomic E-state index is 0.325. The number of hydrogen-bond acceptors (Lipinski definition) is 5. The molecule has 0 amide bonds. The van der Waals surface area contributed by atoms with Crippen molar-refractivity contribution in [3.05, 3.63) is 17.5 Å². The van der Waals surface area contributed by atoms with Gasteiger partial charge in [0.25, 0.3) is 0 Å². The van der Waals surface area contributed by atoms with Crippen LogP contribution in [0, 0.1) is 0 Å². The van der Waals surface area contributed by atoms with Crippen molar-refractivity contribution in [3.63, 3.8) is 0 Å². The summed E-state index contributed by atoms with van der Waals surface area (Å²) in [6.07, 6.45) is 1.87. The molecule has 1 unspecified atom stereocenters. The molecule has 0 saturated heterocycles. The molecule has 0 aliphatic carbocycles. The summed E-state index contributed by atoms with van der Waals surface area (Å²) in [4.78, 5) is 11.7. The fourth-order valence-corrected chi connectivity index (χ4v) is 1.57. The Hall–Kier alpha value is -1.40. The summed E-state index contributed by atoms with van der Waals surface area (Å²) in [6, 6.07) is 0. The molecular weight excluding hydrogens is 234 g/mol. The lowest BCUT2D eigenvalue weighted by Crippen LogP contribution is -2.21. The van der Waals surface area contributed by atoms with Gasteiger partial charge in [0.05, 0.1) is 24.6 Å². The molecule has 1 rings (SSSR count). The van der Waals surface area contributed by atoms with E-state index in [9.17, 15) is 4.79 Å². The van der Waals surface area contributed by atoms with Crippen molar-refractivity contribution in [1.29, 1.82) is 0 Å². The number of carbonyl (C=O) groups is 1. The molecule has 1 heterocycles. The molecule has 0 spiro atoms. The van der Waals surface area contributed by atoms with Gasteiger partial charge in [-0.15, -0.1) is 0 Å². The van der Waals surface area contributed by atoms with Crippen molar-refractivity contribution in [3.8, 4) is 0 Å². The number of nitrogens with zero attached hydrogens (tertiary/aromatic N) is 2. The Balaban J connectivity index is 2.58. The molecule has 0 saturated carbocycles. The van der Waals surface area contributed by atoms with E-state index in [2.05, 4.69) is 10.4 Å². The van der Waals surface area contributed by atoms with Crippen LogP contribution in [-0.4, -0.2) is 40.1 Å². The van der Waals surface area contributed by atoms with Gasteiger partial charge in [0.1, 0.15) is 5.56 Å². The molecule has 1 atom stereocenters. The van der Waals surface area contributed by atoms with E-state index < -0.39 is 0 Å². The fourth-order valence-electron chi connectivity index (χ4n) is 1.57. The molecular formula is C12H21N3O3. The van der Waals surface area contributed by atoms with Crippen LogP contribution in [0.4, 0.5) is 0 Å².